The van der Waals surface area contributed by atoms with Gasteiger partial charge in [-0.05, 0) is 18.4 Å². The van der Waals surface area contributed by atoms with Gasteiger partial charge in [-0.25, -0.2) is 4.79 Å². The zero-order valence-corrected chi connectivity index (χ0v) is 15.0. The molecule has 2 N–H and O–H groups in total. The third-order valence-corrected chi connectivity index (χ3v) is 3.48. The minimum absolute atomic E-state index is 0.0307. The van der Waals surface area contributed by atoms with Crippen molar-refractivity contribution in [2.75, 3.05) is 13.7 Å². The van der Waals surface area contributed by atoms with E-state index in [4.69, 9.17) is 0 Å². The predicted molar refractivity (Wildman–Crippen MR) is 93.4 cm³/mol. The molecule has 0 heterocycles. The number of carbonyl (C=O) groups excluding carboxylic acids is 3. The van der Waals surface area contributed by atoms with Gasteiger partial charge >= 0.3 is 5.97 Å². The number of nitro benzene ring substituents is 1. The number of carbonyl (C=O) groups is 3. The van der Waals surface area contributed by atoms with E-state index in [9.17, 15) is 24.5 Å². The van der Waals surface area contributed by atoms with Crippen LogP contribution in [-0.4, -0.2) is 42.4 Å². The smallest absolute Gasteiger partial charge is 0.328 e. The molecule has 1 aromatic carbocycles. The van der Waals surface area contributed by atoms with Crippen LogP contribution < -0.4 is 10.6 Å². The quantitative estimate of drug-likeness (QED) is 0.387. The predicted octanol–water partition coefficient (Wildman–Crippen LogP) is 1.42. The first kappa shape index (κ1) is 21.1. The van der Waals surface area contributed by atoms with Crippen molar-refractivity contribution >= 4 is 23.5 Å². The Morgan fingerprint density at radius 1 is 1.27 bits per heavy atom. The summed E-state index contributed by atoms with van der Waals surface area (Å²) in [6.45, 7) is 3.87. The number of nitrogens with zero attached hydrogens (tertiary/aromatic N) is 1. The van der Waals surface area contributed by atoms with Crippen molar-refractivity contribution in [2.24, 2.45) is 5.92 Å². The molecule has 0 radical (unpaired) electrons. The lowest BCUT2D eigenvalue weighted by Gasteiger charge is -2.18. The Kier molecular flexibility index (Phi) is 8.20. The van der Waals surface area contributed by atoms with E-state index in [0.717, 1.165) is 6.07 Å². The summed E-state index contributed by atoms with van der Waals surface area (Å²) >= 11 is 0. The fourth-order valence-corrected chi connectivity index (χ4v) is 2.25. The third-order valence-electron chi connectivity index (χ3n) is 3.48. The second kappa shape index (κ2) is 10.1. The number of nitrogens with one attached hydrogen (secondary N) is 2. The average molecular weight is 365 g/mol. The standard InChI is InChI=1S/C17H23N3O6/c1-11(2)9-14(17(23)26-3)19-15(21)7-8-18-16(22)12-5-4-6-13(10-12)20(24)25/h4-6,10-11,14H,7-9H2,1-3H3,(H,18,22)(H,19,21). The molecular weight excluding hydrogens is 342 g/mol. The van der Waals surface area contributed by atoms with Gasteiger partial charge in [0.15, 0.2) is 0 Å². The molecule has 26 heavy (non-hydrogen) atoms. The van der Waals surface area contributed by atoms with Gasteiger partial charge in [0, 0.05) is 30.7 Å². The van der Waals surface area contributed by atoms with Crippen molar-refractivity contribution < 1.29 is 24.0 Å². The van der Waals surface area contributed by atoms with E-state index in [1.165, 1.54) is 25.3 Å². The number of hydrogen-bond acceptors (Lipinski definition) is 6. The lowest BCUT2D eigenvalue weighted by atomic mass is 10.0. The van der Waals surface area contributed by atoms with E-state index < -0.39 is 28.7 Å². The van der Waals surface area contributed by atoms with Gasteiger partial charge < -0.3 is 15.4 Å². The molecule has 2 amide bonds. The maximum absolute atomic E-state index is 12.0. The Hall–Kier alpha value is -2.97. The van der Waals surface area contributed by atoms with E-state index >= 15 is 0 Å². The first-order valence-electron chi connectivity index (χ1n) is 8.14. The second-order valence-electron chi connectivity index (χ2n) is 6.09. The zero-order chi connectivity index (χ0) is 19.7. The molecule has 0 aliphatic rings. The number of nitro groups is 1. The van der Waals surface area contributed by atoms with Crippen LogP contribution in [0.3, 0.4) is 0 Å². The van der Waals surface area contributed by atoms with Gasteiger partial charge in [-0.3, -0.25) is 19.7 Å². The first-order valence-corrected chi connectivity index (χ1v) is 8.14. The highest BCUT2D eigenvalue weighted by Crippen LogP contribution is 2.12. The number of ether oxygens (including phenoxy) is 1. The van der Waals surface area contributed by atoms with Crippen molar-refractivity contribution in [3.05, 3.63) is 39.9 Å². The average Bonchev–Trinajstić information content (AvgIpc) is 2.60. The molecule has 0 aliphatic heterocycles. The van der Waals surface area contributed by atoms with Crippen LogP contribution in [0, 0.1) is 16.0 Å². The topological polar surface area (TPSA) is 128 Å². The highest BCUT2D eigenvalue weighted by molar-refractivity contribution is 5.95. The Bertz CT molecular complexity index is 674. The van der Waals surface area contributed by atoms with Gasteiger partial charge in [-0.1, -0.05) is 19.9 Å². The van der Waals surface area contributed by atoms with Gasteiger partial charge in [-0.15, -0.1) is 0 Å². The molecule has 1 atom stereocenters. The van der Waals surface area contributed by atoms with Crippen molar-refractivity contribution in [1.29, 1.82) is 0 Å². The molecule has 1 aromatic rings. The molecule has 0 saturated carbocycles. The number of non-ortho nitro benzene ring substituents is 1. The van der Waals surface area contributed by atoms with E-state index in [1.807, 2.05) is 13.8 Å². The number of benzene rings is 1. The molecule has 0 fully saturated rings. The van der Waals surface area contributed by atoms with E-state index in [2.05, 4.69) is 15.4 Å². The number of hydrogen-bond donors (Lipinski definition) is 2. The number of amides is 2. The summed E-state index contributed by atoms with van der Waals surface area (Å²) in [4.78, 5) is 45.7. The van der Waals surface area contributed by atoms with E-state index in [-0.39, 0.29) is 30.1 Å². The Labute approximate surface area is 151 Å². The molecular formula is C17H23N3O6. The highest BCUT2D eigenvalue weighted by Gasteiger charge is 2.22. The molecule has 1 unspecified atom stereocenters. The molecule has 0 aliphatic carbocycles. The van der Waals surface area contributed by atoms with Crippen LogP contribution in [0.15, 0.2) is 24.3 Å². The second-order valence-corrected chi connectivity index (χ2v) is 6.09. The SMILES string of the molecule is COC(=O)C(CC(C)C)NC(=O)CCNC(=O)c1cccc([N+](=O)[O-])c1. The number of esters is 1. The minimum Gasteiger partial charge on any atom is -0.467 e. The van der Waals surface area contributed by atoms with Crippen LogP contribution in [0.4, 0.5) is 5.69 Å². The summed E-state index contributed by atoms with van der Waals surface area (Å²) in [6, 6.07) is 4.56. The summed E-state index contributed by atoms with van der Waals surface area (Å²) in [5.41, 5.74) is -0.0585. The van der Waals surface area contributed by atoms with Crippen LogP contribution in [0.1, 0.15) is 37.0 Å². The van der Waals surface area contributed by atoms with Crippen LogP contribution in [0.2, 0.25) is 0 Å². The van der Waals surface area contributed by atoms with Gasteiger partial charge in [-0.2, -0.15) is 0 Å². The Morgan fingerprint density at radius 2 is 1.96 bits per heavy atom. The van der Waals surface area contributed by atoms with Crippen LogP contribution in [0.5, 0.6) is 0 Å². The van der Waals surface area contributed by atoms with Crippen LogP contribution in [0.25, 0.3) is 0 Å². The lowest BCUT2D eigenvalue weighted by molar-refractivity contribution is -0.384. The summed E-state index contributed by atoms with van der Waals surface area (Å²) in [7, 11) is 1.25. The normalized spacial score (nSPS) is 11.5. The van der Waals surface area contributed by atoms with Crippen molar-refractivity contribution in [3.63, 3.8) is 0 Å². The Balaban J connectivity index is 2.52. The summed E-state index contributed by atoms with van der Waals surface area (Å²) in [5, 5.41) is 15.8. The van der Waals surface area contributed by atoms with E-state index in [0.29, 0.717) is 6.42 Å². The largest absolute Gasteiger partial charge is 0.467 e. The minimum atomic E-state index is -0.736. The Morgan fingerprint density at radius 3 is 2.54 bits per heavy atom. The fourth-order valence-electron chi connectivity index (χ4n) is 2.25. The molecule has 142 valence electrons. The molecule has 0 aromatic heterocycles. The van der Waals surface area contributed by atoms with Crippen molar-refractivity contribution in [2.45, 2.75) is 32.7 Å². The van der Waals surface area contributed by atoms with E-state index in [1.54, 1.807) is 0 Å². The zero-order valence-electron chi connectivity index (χ0n) is 15.0. The molecule has 0 saturated heterocycles. The van der Waals surface area contributed by atoms with Gasteiger partial charge in [0.1, 0.15) is 6.04 Å². The number of methoxy groups -OCH3 is 1. The monoisotopic (exact) mass is 365 g/mol. The fraction of sp³-hybridized carbons (Fsp3) is 0.471. The highest BCUT2D eigenvalue weighted by atomic mass is 16.6. The van der Waals surface area contributed by atoms with Gasteiger partial charge in [0.2, 0.25) is 5.91 Å². The lowest BCUT2D eigenvalue weighted by Crippen LogP contribution is -2.43. The number of rotatable bonds is 9. The summed E-state index contributed by atoms with van der Waals surface area (Å²) < 4.78 is 4.67. The molecule has 9 heteroatoms. The van der Waals surface area contributed by atoms with Crippen molar-refractivity contribution in [1.82, 2.24) is 10.6 Å². The van der Waals surface area contributed by atoms with Crippen LogP contribution >= 0.6 is 0 Å². The molecule has 0 spiro atoms. The summed E-state index contributed by atoms with van der Waals surface area (Å²) in [6.07, 6.45) is 0.407. The summed E-state index contributed by atoms with van der Waals surface area (Å²) in [5.74, 6) is -1.26. The third kappa shape index (κ3) is 6.88. The molecule has 9 nitrogen and oxygen atoms in total. The molecule has 1 rings (SSSR count). The van der Waals surface area contributed by atoms with Crippen molar-refractivity contribution in [3.8, 4) is 0 Å². The first-order chi connectivity index (χ1) is 12.2. The maximum Gasteiger partial charge on any atom is 0.328 e. The van der Waals surface area contributed by atoms with Gasteiger partial charge in [0.25, 0.3) is 11.6 Å². The van der Waals surface area contributed by atoms with Crippen LogP contribution in [-0.2, 0) is 14.3 Å². The maximum atomic E-state index is 12.0. The van der Waals surface area contributed by atoms with Gasteiger partial charge in [0.05, 0.1) is 12.0 Å². The molecule has 0 bridgehead atoms.